The Morgan fingerprint density at radius 3 is 2.87 bits per heavy atom. The molecule has 2 aromatic carbocycles. The van der Waals surface area contributed by atoms with Crippen LogP contribution in [0.15, 0.2) is 41.4 Å². The molecule has 0 saturated carbocycles. The molecule has 2 aromatic rings. The van der Waals surface area contributed by atoms with E-state index in [4.69, 9.17) is 5.73 Å². The average molecular weight is 310 g/mol. The summed E-state index contributed by atoms with van der Waals surface area (Å²) in [6.45, 7) is 2.06. The van der Waals surface area contributed by atoms with Crippen LogP contribution in [0.25, 0.3) is 11.1 Å². The van der Waals surface area contributed by atoms with Gasteiger partial charge < -0.3 is 21.5 Å². The Balaban J connectivity index is 2.11. The van der Waals surface area contributed by atoms with Crippen LogP contribution in [0.2, 0.25) is 0 Å². The summed E-state index contributed by atoms with van der Waals surface area (Å²) in [4.78, 5) is 4.06. The van der Waals surface area contributed by atoms with Crippen molar-refractivity contribution in [1.29, 1.82) is 0 Å². The maximum atomic E-state index is 10.0. The number of aliphatic hydroxyl groups is 1. The van der Waals surface area contributed by atoms with Crippen LogP contribution >= 0.6 is 0 Å². The summed E-state index contributed by atoms with van der Waals surface area (Å²) in [5.41, 5.74) is 11.6. The fourth-order valence-electron chi connectivity index (χ4n) is 2.94. The number of nitrogens with zero attached hydrogens (tertiary/aromatic N) is 1. The van der Waals surface area contributed by atoms with E-state index in [0.29, 0.717) is 12.1 Å². The van der Waals surface area contributed by atoms with E-state index in [1.54, 1.807) is 13.3 Å². The Bertz CT molecular complexity index is 742. The summed E-state index contributed by atoms with van der Waals surface area (Å²) in [7, 11) is 1.73. The van der Waals surface area contributed by atoms with Crippen molar-refractivity contribution in [3.63, 3.8) is 0 Å². The highest BCUT2D eigenvalue weighted by Crippen LogP contribution is 2.37. The monoisotopic (exact) mass is 310 g/mol. The smallest absolute Gasteiger partial charge is 0.126 e. The molecule has 1 aliphatic heterocycles. The van der Waals surface area contributed by atoms with E-state index in [2.05, 4.69) is 28.6 Å². The minimum Gasteiger partial charge on any atom is -0.398 e. The maximum absolute atomic E-state index is 10.0. The van der Waals surface area contributed by atoms with Gasteiger partial charge in [-0.05, 0) is 30.7 Å². The first kappa shape index (κ1) is 15.4. The van der Waals surface area contributed by atoms with Crippen LogP contribution in [0, 0.1) is 0 Å². The number of benzene rings is 2. The van der Waals surface area contributed by atoms with Crippen molar-refractivity contribution in [2.75, 3.05) is 23.4 Å². The summed E-state index contributed by atoms with van der Waals surface area (Å²) < 4.78 is 0. The van der Waals surface area contributed by atoms with Crippen molar-refractivity contribution in [2.45, 2.75) is 25.6 Å². The Kier molecular flexibility index (Phi) is 4.21. The molecule has 1 unspecified atom stereocenters. The van der Waals surface area contributed by atoms with Crippen molar-refractivity contribution in [3.05, 3.63) is 42.0 Å². The molecule has 0 saturated heterocycles. The van der Waals surface area contributed by atoms with E-state index < -0.39 is 6.23 Å². The molecular weight excluding hydrogens is 288 g/mol. The van der Waals surface area contributed by atoms with E-state index in [1.165, 1.54) is 0 Å². The number of nitrogens with two attached hydrogens (primary N) is 1. The lowest BCUT2D eigenvalue weighted by molar-refractivity contribution is 0.190. The molecule has 0 aliphatic carbocycles. The van der Waals surface area contributed by atoms with Gasteiger partial charge in [0.15, 0.2) is 0 Å². The fraction of sp³-hybridized carbons (Fsp3) is 0.278. The number of aliphatic hydroxyl groups excluding tert-OH is 1. The van der Waals surface area contributed by atoms with Crippen molar-refractivity contribution < 1.29 is 5.11 Å². The predicted molar refractivity (Wildman–Crippen MR) is 97.1 cm³/mol. The molecule has 0 aromatic heterocycles. The lowest BCUT2D eigenvalue weighted by Crippen LogP contribution is -2.23. The van der Waals surface area contributed by atoms with Gasteiger partial charge in [0.2, 0.25) is 0 Å². The Morgan fingerprint density at radius 2 is 2.09 bits per heavy atom. The number of anilines is 3. The highest BCUT2D eigenvalue weighted by atomic mass is 16.3. The SMILES string of the molecule is CN=Cc1cc(-c2cccc3c2N[C@H](C)CC(O)N3)ccc1N. The third kappa shape index (κ3) is 3.14. The first-order chi connectivity index (χ1) is 11.1. The molecule has 2 atom stereocenters. The topological polar surface area (TPSA) is 82.7 Å². The quantitative estimate of drug-likeness (QED) is 0.508. The molecule has 5 nitrogen and oxygen atoms in total. The number of nitrogens with one attached hydrogen (secondary N) is 2. The zero-order valence-corrected chi connectivity index (χ0v) is 13.4. The van der Waals surface area contributed by atoms with Crippen LogP contribution in [0.1, 0.15) is 18.9 Å². The van der Waals surface area contributed by atoms with Gasteiger partial charge in [0.05, 0.1) is 11.4 Å². The molecule has 120 valence electrons. The van der Waals surface area contributed by atoms with Crippen molar-refractivity contribution in [3.8, 4) is 11.1 Å². The van der Waals surface area contributed by atoms with Crippen molar-refractivity contribution in [1.82, 2.24) is 0 Å². The number of nitrogen functional groups attached to an aromatic ring is 1. The van der Waals surface area contributed by atoms with E-state index in [1.807, 2.05) is 30.3 Å². The van der Waals surface area contributed by atoms with Gasteiger partial charge in [0.1, 0.15) is 6.23 Å². The summed E-state index contributed by atoms with van der Waals surface area (Å²) >= 11 is 0. The normalized spacial score (nSPS) is 20.5. The third-order valence-corrected chi connectivity index (χ3v) is 4.02. The molecule has 5 heteroatoms. The molecule has 0 spiro atoms. The number of fused-ring (bicyclic) bond motifs is 1. The van der Waals surface area contributed by atoms with E-state index in [0.717, 1.165) is 28.1 Å². The Hall–Kier alpha value is -2.53. The van der Waals surface area contributed by atoms with Gasteiger partial charge in [-0.25, -0.2) is 0 Å². The number of rotatable bonds is 2. The third-order valence-electron chi connectivity index (χ3n) is 4.02. The Labute approximate surface area is 136 Å². The van der Waals surface area contributed by atoms with Gasteiger partial charge in [-0.3, -0.25) is 4.99 Å². The Morgan fingerprint density at radius 1 is 1.26 bits per heavy atom. The van der Waals surface area contributed by atoms with Gasteiger partial charge >= 0.3 is 0 Å². The van der Waals surface area contributed by atoms with Crippen LogP contribution in [0.3, 0.4) is 0 Å². The van der Waals surface area contributed by atoms with Crippen LogP contribution < -0.4 is 16.4 Å². The van der Waals surface area contributed by atoms with Gasteiger partial charge in [-0.2, -0.15) is 0 Å². The molecule has 0 radical (unpaired) electrons. The van der Waals surface area contributed by atoms with Crippen LogP contribution in [0.5, 0.6) is 0 Å². The number of para-hydroxylation sites is 1. The molecule has 5 N–H and O–H groups in total. The molecule has 0 fully saturated rings. The number of hydrogen-bond acceptors (Lipinski definition) is 5. The predicted octanol–water partition coefficient (Wildman–Crippen LogP) is 2.92. The zero-order valence-electron chi connectivity index (χ0n) is 13.4. The molecule has 1 aliphatic rings. The highest BCUT2D eigenvalue weighted by molar-refractivity contribution is 5.93. The first-order valence-corrected chi connectivity index (χ1v) is 7.74. The van der Waals surface area contributed by atoms with E-state index >= 15 is 0 Å². The summed E-state index contributed by atoms with van der Waals surface area (Å²) in [6.07, 6.45) is 1.85. The lowest BCUT2D eigenvalue weighted by atomic mass is 9.99. The second kappa shape index (κ2) is 6.30. The molecular formula is C18H22N4O. The molecule has 3 rings (SSSR count). The standard InChI is InChI=1S/C18H22N4O/c1-11-8-17(23)22-16-5-3-4-14(18(16)21-11)12-6-7-15(19)13(9-12)10-20-2/h3-7,9-11,17,21-23H,8,19H2,1-2H3/t11-,17?/m1/s1. The maximum Gasteiger partial charge on any atom is 0.126 e. The van der Waals surface area contributed by atoms with Gasteiger partial charge in [0, 0.05) is 42.5 Å². The zero-order chi connectivity index (χ0) is 16.4. The average Bonchev–Trinajstić information content (AvgIpc) is 2.65. The second-order valence-electron chi connectivity index (χ2n) is 5.90. The summed E-state index contributed by atoms with van der Waals surface area (Å²) in [6, 6.07) is 12.1. The van der Waals surface area contributed by atoms with Gasteiger partial charge in [0.25, 0.3) is 0 Å². The molecule has 0 bridgehead atoms. The van der Waals surface area contributed by atoms with Crippen LogP contribution in [0.4, 0.5) is 17.1 Å². The molecule has 23 heavy (non-hydrogen) atoms. The largest absolute Gasteiger partial charge is 0.398 e. The second-order valence-corrected chi connectivity index (χ2v) is 5.90. The van der Waals surface area contributed by atoms with Crippen molar-refractivity contribution >= 4 is 23.3 Å². The minimum absolute atomic E-state index is 0.172. The summed E-state index contributed by atoms with van der Waals surface area (Å²) in [5, 5.41) is 16.7. The molecule has 1 heterocycles. The van der Waals surface area contributed by atoms with Crippen molar-refractivity contribution in [2.24, 2.45) is 4.99 Å². The molecule has 0 amide bonds. The lowest BCUT2D eigenvalue weighted by Gasteiger charge is -2.17. The minimum atomic E-state index is -0.553. The van der Waals surface area contributed by atoms with Gasteiger partial charge in [-0.1, -0.05) is 18.2 Å². The van der Waals surface area contributed by atoms with E-state index in [-0.39, 0.29) is 6.04 Å². The van der Waals surface area contributed by atoms with E-state index in [9.17, 15) is 5.11 Å². The first-order valence-electron chi connectivity index (χ1n) is 7.74. The van der Waals surface area contributed by atoms with Crippen LogP contribution in [-0.4, -0.2) is 30.6 Å². The number of aliphatic imine (C=N–C) groups is 1. The fourth-order valence-corrected chi connectivity index (χ4v) is 2.94. The number of hydrogen-bond donors (Lipinski definition) is 4. The van der Waals surface area contributed by atoms with Crippen LogP contribution in [-0.2, 0) is 0 Å². The highest BCUT2D eigenvalue weighted by Gasteiger charge is 2.20. The van der Waals surface area contributed by atoms with Gasteiger partial charge in [-0.15, -0.1) is 0 Å². The summed E-state index contributed by atoms with van der Waals surface area (Å²) in [5.74, 6) is 0.